The molecule has 0 heterocycles. The number of rotatable bonds is 7. The number of carbonyl (C=O) groups is 1. The molecule has 0 radical (unpaired) electrons. The average molecular weight is 285 g/mol. The monoisotopic (exact) mass is 285 g/mol. The van der Waals surface area contributed by atoms with Gasteiger partial charge in [0.25, 0.3) is 5.76 Å². The topological polar surface area (TPSA) is 29.1 Å². The number of carbonyl (C=O) groups excluding carboxylic acids is 1. The van der Waals surface area contributed by atoms with Crippen LogP contribution in [0.2, 0.25) is 0 Å². The second-order valence-corrected chi connectivity index (χ2v) is 4.99. The SMILES string of the molecule is CCCCNC(=O)/C=C/c1ccc(SC(F)F)cc1. The molecule has 0 aliphatic carbocycles. The summed E-state index contributed by atoms with van der Waals surface area (Å²) in [5.41, 5.74) is 0.809. The van der Waals surface area contributed by atoms with Crippen LogP contribution < -0.4 is 5.32 Å². The lowest BCUT2D eigenvalue weighted by molar-refractivity contribution is -0.116. The van der Waals surface area contributed by atoms with Gasteiger partial charge in [0, 0.05) is 17.5 Å². The Morgan fingerprint density at radius 2 is 2.05 bits per heavy atom. The summed E-state index contributed by atoms with van der Waals surface area (Å²) in [5, 5.41) is 2.76. The van der Waals surface area contributed by atoms with Crippen molar-refractivity contribution in [3.8, 4) is 0 Å². The Kier molecular flexibility index (Phi) is 7.18. The van der Waals surface area contributed by atoms with Gasteiger partial charge in [-0.25, -0.2) is 0 Å². The molecule has 0 aliphatic heterocycles. The van der Waals surface area contributed by atoms with Gasteiger partial charge in [-0.15, -0.1) is 0 Å². The molecule has 104 valence electrons. The van der Waals surface area contributed by atoms with E-state index in [4.69, 9.17) is 0 Å². The van der Waals surface area contributed by atoms with Crippen molar-refractivity contribution in [2.24, 2.45) is 0 Å². The second-order valence-electron chi connectivity index (χ2n) is 3.93. The third-order valence-corrected chi connectivity index (χ3v) is 3.08. The largest absolute Gasteiger partial charge is 0.353 e. The molecule has 0 bridgehead atoms. The standard InChI is InChI=1S/C14H17F2NOS/c1-2-3-10-17-13(18)9-6-11-4-7-12(8-5-11)19-14(15)16/h4-9,14H,2-3,10H2,1H3,(H,17,18)/b9-6+. The summed E-state index contributed by atoms with van der Waals surface area (Å²) >= 11 is 0.508. The van der Waals surface area contributed by atoms with Gasteiger partial charge in [-0.1, -0.05) is 37.2 Å². The van der Waals surface area contributed by atoms with E-state index < -0.39 is 5.76 Å². The molecule has 0 spiro atoms. The third-order valence-electron chi connectivity index (χ3n) is 2.36. The summed E-state index contributed by atoms with van der Waals surface area (Å²) in [7, 11) is 0. The van der Waals surface area contributed by atoms with Crippen LogP contribution in [0.3, 0.4) is 0 Å². The maximum absolute atomic E-state index is 12.1. The van der Waals surface area contributed by atoms with E-state index in [0.717, 1.165) is 18.4 Å². The maximum Gasteiger partial charge on any atom is 0.288 e. The highest BCUT2D eigenvalue weighted by Gasteiger charge is 2.04. The van der Waals surface area contributed by atoms with Gasteiger partial charge in [-0.05, 0) is 30.2 Å². The maximum atomic E-state index is 12.1. The van der Waals surface area contributed by atoms with E-state index in [1.54, 1.807) is 30.3 Å². The molecule has 0 fully saturated rings. The van der Waals surface area contributed by atoms with Crippen molar-refractivity contribution in [1.82, 2.24) is 5.32 Å². The lowest BCUT2D eigenvalue weighted by Gasteiger charge is -2.01. The number of thioether (sulfide) groups is 1. The lowest BCUT2D eigenvalue weighted by atomic mass is 10.2. The van der Waals surface area contributed by atoms with Gasteiger partial charge in [-0.3, -0.25) is 4.79 Å². The molecule has 19 heavy (non-hydrogen) atoms. The minimum atomic E-state index is -2.41. The van der Waals surface area contributed by atoms with Crippen LogP contribution in [0.25, 0.3) is 6.08 Å². The molecule has 1 rings (SSSR count). The van der Waals surface area contributed by atoms with Crippen molar-refractivity contribution in [2.45, 2.75) is 30.4 Å². The quantitative estimate of drug-likeness (QED) is 0.467. The summed E-state index contributed by atoms with van der Waals surface area (Å²) < 4.78 is 24.2. The Bertz CT molecular complexity index is 418. The van der Waals surface area contributed by atoms with Gasteiger partial charge in [-0.2, -0.15) is 8.78 Å². The molecule has 0 saturated heterocycles. The molecule has 0 aliphatic rings. The van der Waals surface area contributed by atoms with E-state index in [2.05, 4.69) is 12.2 Å². The molecule has 5 heteroatoms. The predicted octanol–water partition coefficient (Wildman–Crippen LogP) is 3.93. The summed E-state index contributed by atoms with van der Waals surface area (Å²) in [6, 6.07) is 6.65. The van der Waals surface area contributed by atoms with Crippen molar-refractivity contribution < 1.29 is 13.6 Å². The van der Waals surface area contributed by atoms with Gasteiger partial charge in [0.15, 0.2) is 0 Å². The van der Waals surface area contributed by atoms with Crippen molar-refractivity contribution in [3.63, 3.8) is 0 Å². The van der Waals surface area contributed by atoms with Crippen LogP contribution in [0, 0.1) is 0 Å². The van der Waals surface area contributed by atoms with Crippen molar-refractivity contribution in [3.05, 3.63) is 35.9 Å². The van der Waals surface area contributed by atoms with Crippen LogP contribution in [0.5, 0.6) is 0 Å². The van der Waals surface area contributed by atoms with E-state index >= 15 is 0 Å². The summed E-state index contributed by atoms with van der Waals surface area (Å²) in [6.45, 7) is 2.73. The molecule has 1 N–H and O–H groups in total. The number of nitrogens with one attached hydrogen (secondary N) is 1. The zero-order valence-corrected chi connectivity index (χ0v) is 11.6. The Morgan fingerprint density at radius 3 is 2.63 bits per heavy atom. The van der Waals surface area contributed by atoms with E-state index in [1.807, 2.05) is 0 Å². The van der Waals surface area contributed by atoms with Crippen LogP contribution in [0.1, 0.15) is 25.3 Å². The number of unbranched alkanes of at least 4 members (excludes halogenated alkanes) is 1. The lowest BCUT2D eigenvalue weighted by Crippen LogP contribution is -2.21. The van der Waals surface area contributed by atoms with Crippen molar-refractivity contribution in [1.29, 1.82) is 0 Å². The summed E-state index contributed by atoms with van der Waals surface area (Å²) in [6.07, 6.45) is 5.11. The van der Waals surface area contributed by atoms with E-state index in [9.17, 15) is 13.6 Å². The average Bonchev–Trinajstić information content (AvgIpc) is 2.37. The molecule has 0 atom stereocenters. The molecular weight excluding hydrogens is 268 g/mol. The van der Waals surface area contributed by atoms with Crippen LogP contribution in [-0.2, 0) is 4.79 Å². The van der Waals surface area contributed by atoms with Gasteiger partial charge < -0.3 is 5.32 Å². The Balaban J connectivity index is 2.46. The Morgan fingerprint density at radius 1 is 1.37 bits per heavy atom. The predicted molar refractivity (Wildman–Crippen MR) is 75.3 cm³/mol. The number of hydrogen-bond acceptors (Lipinski definition) is 2. The normalized spacial score (nSPS) is 11.2. The van der Waals surface area contributed by atoms with Gasteiger partial charge in [0.05, 0.1) is 0 Å². The van der Waals surface area contributed by atoms with Gasteiger partial charge in [0.2, 0.25) is 5.91 Å². The highest BCUT2D eigenvalue weighted by atomic mass is 32.2. The minimum absolute atomic E-state index is 0.139. The smallest absolute Gasteiger partial charge is 0.288 e. The highest BCUT2D eigenvalue weighted by Crippen LogP contribution is 2.25. The summed E-state index contributed by atoms with van der Waals surface area (Å²) in [4.78, 5) is 11.9. The van der Waals surface area contributed by atoms with Crippen LogP contribution in [0.4, 0.5) is 8.78 Å². The van der Waals surface area contributed by atoms with Gasteiger partial charge in [0.1, 0.15) is 0 Å². The zero-order valence-electron chi connectivity index (χ0n) is 10.7. The van der Waals surface area contributed by atoms with E-state index in [0.29, 0.717) is 23.2 Å². The fraction of sp³-hybridized carbons (Fsp3) is 0.357. The Hall–Kier alpha value is -1.36. The van der Waals surface area contributed by atoms with Crippen molar-refractivity contribution >= 4 is 23.7 Å². The fourth-order valence-electron chi connectivity index (χ4n) is 1.38. The Labute approximate surface area is 116 Å². The van der Waals surface area contributed by atoms with E-state index in [1.165, 1.54) is 6.08 Å². The first-order chi connectivity index (χ1) is 9.11. The molecule has 0 aromatic heterocycles. The minimum Gasteiger partial charge on any atom is -0.353 e. The van der Waals surface area contributed by atoms with Gasteiger partial charge >= 0.3 is 0 Å². The second kappa shape index (κ2) is 8.69. The molecule has 0 saturated carbocycles. The van der Waals surface area contributed by atoms with Crippen molar-refractivity contribution in [2.75, 3.05) is 6.54 Å². The number of hydrogen-bond donors (Lipinski definition) is 1. The third kappa shape index (κ3) is 6.96. The first kappa shape index (κ1) is 15.7. The first-order valence-corrected chi connectivity index (χ1v) is 7.00. The van der Waals surface area contributed by atoms with Crippen LogP contribution in [-0.4, -0.2) is 18.2 Å². The molecule has 0 unspecified atom stereocenters. The number of amides is 1. The zero-order chi connectivity index (χ0) is 14.1. The molecular formula is C14H17F2NOS. The molecule has 1 amide bonds. The van der Waals surface area contributed by atoms with Crippen LogP contribution >= 0.6 is 11.8 Å². The van der Waals surface area contributed by atoms with E-state index in [-0.39, 0.29) is 5.91 Å². The molecule has 1 aromatic carbocycles. The summed E-state index contributed by atoms with van der Waals surface area (Å²) in [5.74, 6) is -2.55. The number of benzene rings is 1. The molecule has 1 aromatic rings. The molecule has 2 nitrogen and oxygen atoms in total. The van der Waals surface area contributed by atoms with Crippen LogP contribution in [0.15, 0.2) is 35.2 Å². The number of halogens is 2. The number of alkyl halides is 2. The fourth-order valence-corrected chi connectivity index (χ4v) is 1.88. The first-order valence-electron chi connectivity index (χ1n) is 6.12. The highest BCUT2D eigenvalue weighted by molar-refractivity contribution is 7.99.